The number of ether oxygens (including phenoxy) is 1. The molecule has 2 heterocycles. The van der Waals surface area contributed by atoms with Gasteiger partial charge in [0.05, 0.1) is 7.11 Å². The van der Waals surface area contributed by atoms with Crippen molar-refractivity contribution in [2.24, 2.45) is 0 Å². The van der Waals surface area contributed by atoms with E-state index in [0.29, 0.717) is 31.2 Å². The van der Waals surface area contributed by atoms with Gasteiger partial charge in [-0.2, -0.15) is 4.98 Å². The van der Waals surface area contributed by atoms with Crippen LogP contribution in [-0.4, -0.2) is 34.6 Å². The lowest BCUT2D eigenvalue weighted by Gasteiger charge is -2.17. The molecular weight excluding hydrogens is 354 g/mol. The number of amides is 1. The van der Waals surface area contributed by atoms with Crippen molar-refractivity contribution in [1.29, 1.82) is 0 Å². The van der Waals surface area contributed by atoms with Gasteiger partial charge in [-0.1, -0.05) is 41.1 Å². The number of hydrogen-bond acceptors (Lipinski definition) is 5. The normalized spacial score (nSPS) is 16.6. The number of nitrogens with zero attached hydrogens (tertiary/aromatic N) is 3. The van der Waals surface area contributed by atoms with Crippen molar-refractivity contribution in [1.82, 2.24) is 15.0 Å². The fourth-order valence-corrected chi connectivity index (χ4v) is 3.70. The molecule has 0 N–H and O–H groups in total. The molecule has 0 aliphatic carbocycles. The zero-order chi connectivity index (χ0) is 19.7. The molecular formula is C22H23N3O3. The summed E-state index contributed by atoms with van der Waals surface area (Å²) in [5.74, 6) is 1.91. The number of likely N-dealkylation sites (tertiary alicyclic amines) is 1. The van der Waals surface area contributed by atoms with Gasteiger partial charge >= 0.3 is 0 Å². The predicted molar refractivity (Wildman–Crippen MR) is 105 cm³/mol. The lowest BCUT2D eigenvalue weighted by atomic mass is 10.1. The molecule has 6 nitrogen and oxygen atoms in total. The van der Waals surface area contributed by atoms with E-state index in [1.807, 2.05) is 48.2 Å². The molecule has 2 aromatic carbocycles. The van der Waals surface area contributed by atoms with Crippen molar-refractivity contribution in [3.63, 3.8) is 0 Å². The Morgan fingerprint density at radius 2 is 2.04 bits per heavy atom. The van der Waals surface area contributed by atoms with Crippen LogP contribution in [0.4, 0.5) is 0 Å². The van der Waals surface area contributed by atoms with Crippen LogP contribution in [0, 0.1) is 13.8 Å². The van der Waals surface area contributed by atoms with Crippen LogP contribution < -0.4 is 4.74 Å². The first-order chi connectivity index (χ1) is 13.5. The Morgan fingerprint density at radius 1 is 1.21 bits per heavy atom. The first kappa shape index (κ1) is 18.2. The number of carbonyl (C=O) groups is 1. The quantitative estimate of drug-likeness (QED) is 0.675. The van der Waals surface area contributed by atoms with Gasteiger partial charge in [-0.3, -0.25) is 4.79 Å². The number of aryl methyl sites for hydroxylation is 2. The van der Waals surface area contributed by atoms with Gasteiger partial charge in [0.15, 0.2) is 5.82 Å². The number of benzene rings is 2. The highest BCUT2D eigenvalue weighted by molar-refractivity contribution is 5.79. The molecule has 1 amide bonds. The molecule has 144 valence electrons. The largest absolute Gasteiger partial charge is 0.496 e. The highest BCUT2D eigenvalue weighted by Crippen LogP contribution is 2.31. The molecule has 0 spiro atoms. The van der Waals surface area contributed by atoms with Gasteiger partial charge in [-0.05, 0) is 31.5 Å². The number of rotatable bonds is 5. The van der Waals surface area contributed by atoms with Gasteiger partial charge < -0.3 is 14.2 Å². The highest BCUT2D eigenvalue weighted by atomic mass is 16.5. The predicted octanol–water partition coefficient (Wildman–Crippen LogP) is 3.88. The van der Waals surface area contributed by atoms with Gasteiger partial charge in [-0.25, -0.2) is 0 Å². The second-order valence-electron chi connectivity index (χ2n) is 7.26. The van der Waals surface area contributed by atoms with Gasteiger partial charge in [-0.15, -0.1) is 0 Å². The first-order valence-corrected chi connectivity index (χ1v) is 9.36. The summed E-state index contributed by atoms with van der Waals surface area (Å²) >= 11 is 0. The number of carbonyl (C=O) groups excluding carboxylic acids is 1. The zero-order valence-corrected chi connectivity index (χ0v) is 16.3. The van der Waals surface area contributed by atoms with Crippen molar-refractivity contribution in [2.45, 2.75) is 32.7 Å². The second-order valence-corrected chi connectivity index (χ2v) is 7.26. The minimum absolute atomic E-state index is 0.0644. The number of methoxy groups -OCH3 is 1. The van der Waals surface area contributed by atoms with Crippen LogP contribution in [-0.2, 0) is 11.3 Å². The molecule has 1 aromatic heterocycles. The Labute approximate surface area is 164 Å². The Morgan fingerprint density at radius 3 is 2.82 bits per heavy atom. The first-order valence-electron chi connectivity index (χ1n) is 9.36. The maximum Gasteiger partial charge on any atom is 0.258 e. The van der Waals surface area contributed by atoms with Crippen LogP contribution in [0.25, 0.3) is 11.5 Å². The van der Waals surface area contributed by atoms with E-state index < -0.39 is 0 Å². The van der Waals surface area contributed by atoms with Crippen LogP contribution in [0.2, 0.25) is 0 Å². The Bertz CT molecular complexity index is 1010. The second kappa shape index (κ2) is 7.46. The molecule has 1 fully saturated rings. The fraction of sp³-hybridized carbons (Fsp3) is 0.318. The van der Waals surface area contributed by atoms with Crippen molar-refractivity contribution in [2.75, 3.05) is 13.7 Å². The Kier molecular flexibility index (Phi) is 4.86. The van der Waals surface area contributed by atoms with Gasteiger partial charge in [0.1, 0.15) is 5.75 Å². The van der Waals surface area contributed by atoms with E-state index in [1.165, 1.54) is 5.56 Å². The summed E-state index contributed by atoms with van der Waals surface area (Å²) in [7, 11) is 1.64. The summed E-state index contributed by atoms with van der Waals surface area (Å²) in [6.45, 7) is 5.17. The SMILES string of the molecule is COc1ccccc1CN1CC(c2noc(-c3ccc(C)cc3C)n2)CC1=O. The lowest BCUT2D eigenvalue weighted by Crippen LogP contribution is -2.24. The van der Waals surface area contributed by atoms with Crippen LogP contribution in [0.3, 0.4) is 0 Å². The number of hydrogen-bond donors (Lipinski definition) is 0. The van der Waals surface area contributed by atoms with Crippen molar-refractivity contribution >= 4 is 5.91 Å². The molecule has 0 radical (unpaired) electrons. The van der Waals surface area contributed by atoms with E-state index in [9.17, 15) is 4.79 Å². The van der Waals surface area contributed by atoms with Crippen molar-refractivity contribution < 1.29 is 14.1 Å². The third kappa shape index (κ3) is 3.50. The van der Waals surface area contributed by atoms with Crippen LogP contribution >= 0.6 is 0 Å². The molecule has 1 aliphatic rings. The van der Waals surface area contributed by atoms with Crippen molar-refractivity contribution in [3.8, 4) is 17.2 Å². The molecule has 4 rings (SSSR count). The molecule has 1 aliphatic heterocycles. The van der Waals surface area contributed by atoms with Crippen LogP contribution in [0.15, 0.2) is 47.0 Å². The van der Waals surface area contributed by atoms with Crippen molar-refractivity contribution in [3.05, 3.63) is 65.0 Å². The standard InChI is InChI=1S/C22H23N3O3/c1-14-8-9-18(15(2)10-14)22-23-21(24-28-22)17-11-20(26)25(13-17)12-16-6-4-5-7-19(16)27-3/h4-10,17H,11-13H2,1-3H3. The summed E-state index contributed by atoms with van der Waals surface area (Å²) in [4.78, 5) is 18.9. The van der Waals surface area contributed by atoms with E-state index in [2.05, 4.69) is 23.1 Å². The highest BCUT2D eigenvalue weighted by Gasteiger charge is 2.34. The van der Waals surface area contributed by atoms with E-state index in [1.54, 1.807) is 7.11 Å². The maximum absolute atomic E-state index is 12.5. The van der Waals surface area contributed by atoms with Gasteiger partial charge in [0.25, 0.3) is 5.89 Å². The van der Waals surface area contributed by atoms with Crippen LogP contribution in [0.5, 0.6) is 5.75 Å². The molecule has 0 saturated carbocycles. The molecule has 6 heteroatoms. The van der Waals surface area contributed by atoms with Gasteiger partial charge in [0, 0.05) is 36.6 Å². The van der Waals surface area contributed by atoms with E-state index in [4.69, 9.17) is 9.26 Å². The number of aromatic nitrogens is 2. The smallest absolute Gasteiger partial charge is 0.258 e. The molecule has 1 unspecified atom stereocenters. The summed E-state index contributed by atoms with van der Waals surface area (Å²) in [5.41, 5.74) is 4.20. The van der Waals surface area contributed by atoms with Crippen LogP contribution in [0.1, 0.15) is 34.9 Å². The third-order valence-corrected chi connectivity index (χ3v) is 5.19. The molecule has 28 heavy (non-hydrogen) atoms. The summed E-state index contributed by atoms with van der Waals surface area (Å²) in [5, 5.41) is 4.16. The number of para-hydroxylation sites is 1. The average molecular weight is 377 g/mol. The van der Waals surface area contributed by atoms with Gasteiger partial charge in [0.2, 0.25) is 5.91 Å². The monoisotopic (exact) mass is 377 g/mol. The molecule has 0 bridgehead atoms. The Balaban J connectivity index is 1.51. The molecule has 1 atom stereocenters. The van der Waals surface area contributed by atoms with E-state index >= 15 is 0 Å². The molecule has 1 saturated heterocycles. The minimum atomic E-state index is -0.0644. The molecule has 3 aromatic rings. The fourth-order valence-electron chi connectivity index (χ4n) is 3.70. The van der Waals surface area contributed by atoms with E-state index in [-0.39, 0.29) is 11.8 Å². The lowest BCUT2D eigenvalue weighted by molar-refractivity contribution is -0.128. The van der Waals surface area contributed by atoms with E-state index in [0.717, 1.165) is 22.4 Å². The Hall–Kier alpha value is -3.15. The zero-order valence-electron chi connectivity index (χ0n) is 16.3. The summed E-state index contributed by atoms with van der Waals surface area (Å²) < 4.78 is 10.9. The summed E-state index contributed by atoms with van der Waals surface area (Å²) in [6, 6.07) is 13.9. The average Bonchev–Trinajstić information content (AvgIpc) is 3.30. The summed E-state index contributed by atoms with van der Waals surface area (Å²) in [6.07, 6.45) is 0.390. The maximum atomic E-state index is 12.5. The third-order valence-electron chi connectivity index (χ3n) is 5.19. The minimum Gasteiger partial charge on any atom is -0.496 e. The topological polar surface area (TPSA) is 68.5 Å².